The highest BCUT2D eigenvalue weighted by Gasteiger charge is 2.46. The first kappa shape index (κ1) is 14.4. The van der Waals surface area contributed by atoms with Gasteiger partial charge < -0.3 is 9.34 Å². The van der Waals surface area contributed by atoms with Crippen molar-refractivity contribution in [3.05, 3.63) is 0 Å². The predicted molar refractivity (Wildman–Crippen MR) is 74.6 cm³/mol. The van der Waals surface area contributed by atoms with Gasteiger partial charge in [0.05, 0.1) is 0 Å². The van der Waals surface area contributed by atoms with Gasteiger partial charge in [-0.3, -0.25) is 0 Å². The summed E-state index contributed by atoms with van der Waals surface area (Å²) in [4.78, 5) is 0. The van der Waals surface area contributed by atoms with Crippen molar-refractivity contribution in [3.63, 3.8) is 0 Å². The molecule has 0 bridgehead atoms. The smallest absolute Gasteiger partial charge is 0.115 e. The lowest BCUT2D eigenvalue weighted by atomic mass is 10.2. The molecule has 0 amide bonds. The molecule has 0 atom stereocenters. The van der Waals surface area contributed by atoms with Crippen LogP contribution < -0.4 is 5.11 Å². The molecule has 1 aliphatic rings. The fourth-order valence-corrected chi connectivity index (χ4v) is 17.2. The van der Waals surface area contributed by atoms with Crippen molar-refractivity contribution in [3.8, 4) is 0 Å². The second-order valence-electron chi connectivity index (χ2n) is 6.39. The molecule has 0 aromatic heterocycles. The van der Waals surface area contributed by atoms with Gasteiger partial charge in [0.15, 0.2) is 0 Å². The average Bonchev–Trinajstić information content (AvgIpc) is 2.39. The second-order valence-corrected chi connectivity index (χ2v) is 16.2. The van der Waals surface area contributed by atoms with E-state index in [1.807, 2.05) is 0 Å². The molecule has 1 fully saturated rings. The van der Waals surface area contributed by atoms with E-state index in [0.29, 0.717) is 0 Å². The molecule has 1 aliphatic heterocycles. The molecule has 0 aliphatic carbocycles. The van der Waals surface area contributed by atoms with Crippen LogP contribution in [-0.2, 0) is 0 Å². The summed E-state index contributed by atoms with van der Waals surface area (Å²) < 4.78 is 2.94. The Morgan fingerprint density at radius 1 is 0.875 bits per heavy atom. The number of nitrogens with zero attached hydrogens (tertiary/aromatic N) is 1. The Morgan fingerprint density at radius 2 is 1.38 bits per heavy atom. The number of hydrogen-bond acceptors (Lipinski definition) is 2. The van der Waals surface area contributed by atoms with E-state index in [2.05, 4.69) is 30.4 Å². The van der Waals surface area contributed by atoms with Crippen molar-refractivity contribution >= 4 is 16.5 Å². The van der Waals surface area contributed by atoms with Crippen molar-refractivity contribution in [2.24, 2.45) is 0 Å². The summed E-state index contributed by atoms with van der Waals surface area (Å²) in [6.07, 6.45) is 4.59. The maximum atomic E-state index is 10.4. The fourth-order valence-electron chi connectivity index (χ4n) is 3.03. The van der Waals surface area contributed by atoms with Crippen LogP contribution in [-0.4, -0.2) is 33.9 Å². The topological polar surface area (TPSA) is 26.3 Å². The molecule has 16 heavy (non-hydrogen) atoms. The van der Waals surface area contributed by atoms with Crippen LogP contribution in [0.15, 0.2) is 0 Å². The van der Waals surface area contributed by atoms with Crippen LogP contribution in [0.2, 0.25) is 38.3 Å². The largest absolute Gasteiger partial charge is 0.854 e. The van der Waals surface area contributed by atoms with E-state index in [1.54, 1.807) is 0 Å². The zero-order chi connectivity index (χ0) is 12.2. The van der Waals surface area contributed by atoms with E-state index < -0.39 is 16.5 Å². The summed E-state index contributed by atoms with van der Waals surface area (Å²) in [5, 5.41) is 10.4. The molecule has 0 aromatic rings. The average molecular weight is 259 g/mol. The zero-order valence-electron chi connectivity index (χ0n) is 11.5. The Bertz CT molecular complexity index is 203. The highest BCUT2D eigenvalue weighted by Crippen LogP contribution is 2.36. The van der Waals surface area contributed by atoms with Crippen LogP contribution in [0.5, 0.6) is 0 Å². The third-order valence-corrected chi connectivity index (χ3v) is 14.5. The van der Waals surface area contributed by atoms with Gasteiger partial charge in [0.2, 0.25) is 0 Å². The van der Waals surface area contributed by atoms with Gasteiger partial charge in [0.1, 0.15) is 16.5 Å². The molecular weight excluding hydrogens is 230 g/mol. The van der Waals surface area contributed by atoms with Gasteiger partial charge in [-0.1, -0.05) is 45.5 Å². The first-order valence-corrected chi connectivity index (χ1v) is 13.1. The summed E-state index contributed by atoms with van der Waals surface area (Å²) in [6.45, 7) is 11.6. The summed E-state index contributed by atoms with van der Waals surface area (Å²) in [5.74, 6) is 0. The second kappa shape index (κ2) is 5.80. The van der Waals surface area contributed by atoms with Crippen molar-refractivity contribution in [1.82, 2.24) is 4.23 Å². The van der Waals surface area contributed by atoms with Crippen LogP contribution in [0.1, 0.15) is 25.7 Å². The van der Waals surface area contributed by atoms with Crippen molar-refractivity contribution in [2.45, 2.75) is 64.0 Å². The van der Waals surface area contributed by atoms with Crippen molar-refractivity contribution in [2.75, 3.05) is 13.2 Å². The quantitative estimate of drug-likeness (QED) is 0.541. The van der Waals surface area contributed by atoms with Crippen LogP contribution in [0, 0.1) is 0 Å². The van der Waals surface area contributed by atoms with Gasteiger partial charge in [-0.2, -0.15) is 0 Å². The van der Waals surface area contributed by atoms with Gasteiger partial charge in [-0.15, -0.1) is 6.61 Å². The van der Waals surface area contributed by atoms with Crippen LogP contribution in [0.3, 0.4) is 0 Å². The van der Waals surface area contributed by atoms with Crippen molar-refractivity contribution in [1.29, 1.82) is 0 Å². The SMILES string of the molecule is C[Si]1(C)CC[Si](C)(C)N1CCCCCC[O-]. The minimum atomic E-state index is -1.04. The summed E-state index contributed by atoms with van der Waals surface area (Å²) >= 11 is 0. The van der Waals surface area contributed by atoms with Gasteiger partial charge in [0, 0.05) is 0 Å². The zero-order valence-corrected chi connectivity index (χ0v) is 13.5. The van der Waals surface area contributed by atoms with Crippen molar-refractivity contribution < 1.29 is 5.11 Å². The Morgan fingerprint density at radius 3 is 1.88 bits per heavy atom. The molecule has 0 radical (unpaired) electrons. The van der Waals surface area contributed by atoms with Gasteiger partial charge in [-0.25, -0.2) is 0 Å². The summed E-state index contributed by atoms with van der Waals surface area (Å²) in [5.41, 5.74) is 0. The number of hydrogen-bond donors (Lipinski definition) is 0. The van der Waals surface area contributed by atoms with Gasteiger partial charge >= 0.3 is 0 Å². The molecule has 0 saturated carbocycles. The molecule has 1 rings (SSSR count). The molecule has 96 valence electrons. The predicted octanol–water partition coefficient (Wildman–Crippen LogP) is 2.63. The Labute approximate surface area is 103 Å². The number of rotatable bonds is 6. The number of unbranched alkanes of at least 4 members (excludes halogenated alkanes) is 3. The molecule has 0 N–H and O–H groups in total. The molecule has 2 nitrogen and oxygen atoms in total. The first-order chi connectivity index (χ1) is 7.40. The minimum Gasteiger partial charge on any atom is -0.854 e. The highest BCUT2D eigenvalue weighted by atomic mass is 28.4. The maximum Gasteiger partial charge on any atom is 0.115 e. The van der Waals surface area contributed by atoms with E-state index in [-0.39, 0.29) is 6.61 Å². The maximum absolute atomic E-state index is 10.4. The van der Waals surface area contributed by atoms with E-state index in [0.717, 1.165) is 12.8 Å². The van der Waals surface area contributed by atoms with Crippen LogP contribution in [0.25, 0.3) is 0 Å². The first-order valence-electron chi connectivity index (χ1n) is 6.76. The van der Waals surface area contributed by atoms with Crippen LogP contribution in [0.4, 0.5) is 0 Å². The highest BCUT2D eigenvalue weighted by molar-refractivity contribution is 6.95. The van der Waals surface area contributed by atoms with Gasteiger partial charge in [0.25, 0.3) is 0 Å². The molecule has 4 heteroatoms. The summed E-state index contributed by atoms with van der Waals surface area (Å²) in [6, 6.07) is 3.01. The lowest BCUT2D eigenvalue weighted by Crippen LogP contribution is -2.55. The Balaban J connectivity index is 2.33. The lowest BCUT2D eigenvalue weighted by Gasteiger charge is -2.39. The van der Waals surface area contributed by atoms with E-state index >= 15 is 0 Å². The van der Waals surface area contributed by atoms with E-state index in [1.165, 1.54) is 31.5 Å². The van der Waals surface area contributed by atoms with Gasteiger partial charge in [-0.05, 0) is 25.1 Å². The Kier molecular flexibility index (Phi) is 5.23. The fraction of sp³-hybridized carbons (Fsp3) is 1.00. The van der Waals surface area contributed by atoms with E-state index in [9.17, 15) is 5.11 Å². The minimum absolute atomic E-state index is 0.115. The third-order valence-electron chi connectivity index (χ3n) is 4.09. The molecule has 0 aromatic carbocycles. The third kappa shape index (κ3) is 3.69. The Hall–Kier alpha value is 0.354. The normalized spacial score (nSPS) is 23.8. The molecule has 0 spiro atoms. The molecule has 0 unspecified atom stereocenters. The van der Waals surface area contributed by atoms with E-state index in [4.69, 9.17) is 0 Å². The monoisotopic (exact) mass is 258 g/mol. The van der Waals surface area contributed by atoms with Crippen LogP contribution >= 0.6 is 0 Å². The molecule has 1 heterocycles. The molecular formula is C12H28NOSi2-. The lowest BCUT2D eigenvalue weighted by molar-refractivity contribution is -0.368. The standard InChI is InChI=1S/C12H28NOSi2/c1-15(2)11-12-16(3,4)13(15)9-7-5-6-8-10-14/h5-12H2,1-4H3/q-1. The summed E-state index contributed by atoms with van der Waals surface area (Å²) in [7, 11) is -2.08. The molecule has 1 saturated heterocycles.